The van der Waals surface area contributed by atoms with Gasteiger partial charge in [-0.1, -0.05) is 43.5 Å². The Kier molecular flexibility index (Phi) is 6.52. The van der Waals surface area contributed by atoms with Crippen molar-refractivity contribution in [3.63, 3.8) is 0 Å². The SMILES string of the molecule is CC1CCCCC1NCC(=O)NCCc1ccc(Cl)cc1. The molecule has 1 aromatic carbocycles. The highest BCUT2D eigenvalue weighted by Crippen LogP contribution is 2.23. The average Bonchev–Trinajstić information content (AvgIpc) is 2.48. The third kappa shape index (κ3) is 5.68. The standard InChI is InChI=1S/C17H25ClN2O/c1-13-4-2-3-5-16(13)20-12-17(21)19-11-10-14-6-8-15(18)9-7-14/h6-9,13,16,20H,2-5,10-12H2,1H3,(H,19,21). The molecule has 1 amide bonds. The van der Waals surface area contributed by atoms with E-state index in [9.17, 15) is 4.79 Å². The minimum absolute atomic E-state index is 0.0849. The Bertz CT molecular complexity index is 447. The van der Waals surface area contributed by atoms with E-state index in [0.717, 1.165) is 11.4 Å². The van der Waals surface area contributed by atoms with Crippen LogP contribution in [-0.4, -0.2) is 25.0 Å². The van der Waals surface area contributed by atoms with Gasteiger partial charge < -0.3 is 10.6 Å². The number of halogens is 1. The van der Waals surface area contributed by atoms with Gasteiger partial charge in [0.1, 0.15) is 0 Å². The Labute approximate surface area is 132 Å². The zero-order valence-corrected chi connectivity index (χ0v) is 13.5. The van der Waals surface area contributed by atoms with Crippen LogP contribution < -0.4 is 10.6 Å². The fourth-order valence-electron chi connectivity index (χ4n) is 2.90. The molecule has 0 radical (unpaired) electrons. The number of amides is 1. The summed E-state index contributed by atoms with van der Waals surface area (Å²) in [6, 6.07) is 8.25. The van der Waals surface area contributed by atoms with Gasteiger partial charge in [0, 0.05) is 17.6 Å². The third-order valence-corrected chi connectivity index (χ3v) is 4.54. The Morgan fingerprint density at radius 2 is 1.95 bits per heavy atom. The van der Waals surface area contributed by atoms with Gasteiger partial charge in [0.05, 0.1) is 6.54 Å². The monoisotopic (exact) mass is 308 g/mol. The largest absolute Gasteiger partial charge is 0.355 e. The molecule has 0 spiro atoms. The molecule has 116 valence electrons. The van der Waals surface area contributed by atoms with Crippen molar-refractivity contribution < 1.29 is 4.79 Å². The van der Waals surface area contributed by atoms with Gasteiger partial charge in [-0.25, -0.2) is 0 Å². The van der Waals surface area contributed by atoms with Crippen molar-refractivity contribution in [2.75, 3.05) is 13.1 Å². The van der Waals surface area contributed by atoms with E-state index >= 15 is 0 Å². The molecule has 0 saturated heterocycles. The molecular formula is C17H25ClN2O. The van der Waals surface area contributed by atoms with Gasteiger partial charge in [0.2, 0.25) is 5.91 Å². The van der Waals surface area contributed by atoms with Gasteiger partial charge in [-0.3, -0.25) is 4.79 Å². The van der Waals surface area contributed by atoms with Crippen LogP contribution in [0.15, 0.2) is 24.3 Å². The van der Waals surface area contributed by atoms with Crippen LogP contribution in [0.2, 0.25) is 5.02 Å². The molecule has 1 saturated carbocycles. The van der Waals surface area contributed by atoms with Gasteiger partial charge in [-0.15, -0.1) is 0 Å². The van der Waals surface area contributed by atoms with E-state index in [2.05, 4.69) is 17.6 Å². The lowest BCUT2D eigenvalue weighted by atomic mass is 9.86. The second-order valence-electron chi connectivity index (χ2n) is 5.98. The Balaban J connectivity index is 1.62. The van der Waals surface area contributed by atoms with Crippen LogP contribution in [0.1, 0.15) is 38.2 Å². The molecule has 0 aliphatic heterocycles. The lowest BCUT2D eigenvalue weighted by molar-refractivity contribution is -0.120. The molecule has 2 N–H and O–H groups in total. The zero-order chi connectivity index (χ0) is 15.1. The summed E-state index contributed by atoms with van der Waals surface area (Å²) < 4.78 is 0. The lowest BCUT2D eigenvalue weighted by Crippen LogP contribution is -2.43. The van der Waals surface area contributed by atoms with Crippen LogP contribution in [0.5, 0.6) is 0 Å². The normalized spacial score (nSPS) is 22.0. The Morgan fingerprint density at radius 3 is 2.67 bits per heavy atom. The summed E-state index contributed by atoms with van der Waals surface area (Å²) in [5.41, 5.74) is 1.19. The van der Waals surface area contributed by atoms with Crippen LogP contribution in [0, 0.1) is 5.92 Å². The smallest absolute Gasteiger partial charge is 0.233 e. The summed E-state index contributed by atoms with van der Waals surface area (Å²) in [6.07, 6.45) is 5.91. The minimum atomic E-state index is 0.0849. The van der Waals surface area contributed by atoms with E-state index in [0.29, 0.717) is 25.0 Å². The second kappa shape index (κ2) is 8.40. The van der Waals surface area contributed by atoms with Crippen LogP contribution in [0.3, 0.4) is 0 Å². The molecular weight excluding hydrogens is 284 g/mol. The van der Waals surface area contributed by atoms with E-state index in [-0.39, 0.29) is 5.91 Å². The van der Waals surface area contributed by atoms with Gasteiger partial charge in [0.15, 0.2) is 0 Å². The highest BCUT2D eigenvalue weighted by molar-refractivity contribution is 6.30. The number of hydrogen-bond donors (Lipinski definition) is 2. The number of carbonyl (C=O) groups excluding carboxylic acids is 1. The molecule has 2 rings (SSSR count). The quantitative estimate of drug-likeness (QED) is 0.847. The molecule has 2 unspecified atom stereocenters. The zero-order valence-electron chi connectivity index (χ0n) is 12.7. The summed E-state index contributed by atoms with van der Waals surface area (Å²) in [5, 5.41) is 7.11. The maximum Gasteiger partial charge on any atom is 0.233 e. The number of nitrogens with one attached hydrogen (secondary N) is 2. The minimum Gasteiger partial charge on any atom is -0.355 e. The van der Waals surface area contributed by atoms with Crippen molar-refractivity contribution >= 4 is 17.5 Å². The first-order valence-electron chi connectivity index (χ1n) is 7.89. The highest BCUT2D eigenvalue weighted by atomic mass is 35.5. The molecule has 21 heavy (non-hydrogen) atoms. The second-order valence-corrected chi connectivity index (χ2v) is 6.41. The molecule has 0 bridgehead atoms. The maximum atomic E-state index is 11.8. The average molecular weight is 309 g/mol. The number of hydrogen-bond acceptors (Lipinski definition) is 2. The summed E-state index contributed by atoms with van der Waals surface area (Å²) in [6.45, 7) is 3.37. The lowest BCUT2D eigenvalue weighted by Gasteiger charge is -2.29. The summed E-state index contributed by atoms with van der Waals surface area (Å²) in [4.78, 5) is 11.8. The van der Waals surface area contributed by atoms with Gasteiger partial charge >= 0.3 is 0 Å². The first-order valence-corrected chi connectivity index (χ1v) is 8.27. The Morgan fingerprint density at radius 1 is 1.24 bits per heavy atom. The predicted molar refractivity (Wildman–Crippen MR) is 87.6 cm³/mol. The van der Waals surface area contributed by atoms with Crippen molar-refractivity contribution in [3.8, 4) is 0 Å². The van der Waals surface area contributed by atoms with E-state index in [1.54, 1.807) is 0 Å². The number of benzene rings is 1. The third-order valence-electron chi connectivity index (χ3n) is 4.29. The molecule has 1 aliphatic rings. The molecule has 0 aromatic heterocycles. The van der Waals surface area contributed by atoms with E-state index < -0.39 is 0 Å². The van der Waals surface area contributed by atoms with Crippen molar-refractivity contribution in [1.82, 2.24) is 10.6 Å². The summed E-state index contributed by atoms with van der Waals surface area (Å²) in [5.74, 6) is 0.766. The fourth-order valence-corrected chi connectivity index (χ4v) is 3.03. The first-order chi connectivity index (χ1) is 10.1. The van der Waals surface area contributed by atoms with Crippen LogP contribution in [-0.2, 0) is 11.2 Å². The molecule has 4 heteroatoms. The Hall–Kier alpha value is -1.06. The van der Waals surface area contributed by atoms with Gasteiger partial charge in [-0.2, -0.15) is 0 Å². The molecule has 1 aromatic rings. The molecule has 1 aliphatic carbocycles. The van der Waals surface area contributed by atoms with Crippen molar-refractivity contribution in [1.29, 1.82) is 0 Å². The van der Waals surface area contributed by atoms with Crippen molar-refractivity contribution in [2.24, 2.45) is 5.92 Å². The molecule has 1 fully saturated rings. The molecule has 3 nitrogen and oxygen atoms in total. The van der Waals surface area contributed by atoms with Crippen LogP contribution in [0.4, 0.5) is 0 Å². The van der Waals surface area contributed by atoms with Crippen molar-refractivity contribution in [3.05, 3.63) is 34.9 Å². The molecule has 2 atom stereocenters. The van der Waals surface area contributed by atoms with Gasteiger partial charge in [-0.05, 0) is 42.9 Å². The van der Waals surface area contributed by atoms with Crippen LogP contribution >= 0.6 is 11.6 Å². The topological polar surface area (TPSA) is 41.1 Å². The van der Waals surface area contributed by atoms with Gasteiger partial charge in [0.25, 0.3) is 0 Å². The number of rotatable bonds is 6. The van der Waals surface area contributed by atoms with Crippen LogP contribution in [0.25, 0.3) is 0 Å². The molecule has 0 heterocycles. The van der Waals surface area contributed by atoms with Crippen molar-refractivity contribution in [2.45, 2.75) is 45.1 Å². The highest BCUT2D eigenvalue weighted by Gasteiger charge is 2.21. The predicted octanol–water partition coefficient (Wildman–Crippen LogP) is 3.17. The van der Waals surface area contributed by atoms with E-state index in [4.69, 9.17) is 11.6 Å². The number of carbonyl (C=O) groups is 1. The summed E-state index contributed by atoms with van der Waals surface area (Å²) in [7, 11) is 0. The first kappa shape index (κ1) is 16.3. The summed E-state index contributed by atoms with van der Waals surface area (Å²) >= 11 is 5.84. The van der Waals surface area contributed by atoms with E-state index in [1.807, 2.05) is 24.3 Å². The fraction of sp³-hybridized carbons (Fsp3) is 0.588. The maximum absolute atomic E-state index is 11.8. The van der Waals surface area contributed by atoms with E-state index in [1.165, 1.54) is 31.2 Å².